The molecule has 0 aromatic rings. The lowest BCUT2D eigenvalue weighted by molar-refractivity contribution is -0.211. The average Bonchev–Trinajstić information content (AvgIpc) is 2.83. The standard InChI is InChI=1S/C21H38O4/c1-14-11-12-16-7-6-8-17(18(16)13-24-14)15(2)21(22)25-20-10-5-4-9-19(20)23-3/h14-22H,4-13H2,1-3H3. The Bertz CT molecular complexity index is 401. The van der Waals surface area contributed by atoms with Crippen molar-refractivity contribution >= 4 is 0 Å². The van der Waals surface area contributed by atoms with Crippen molar-refractivity contribution in [2.45, 2.75) is 96.2 Å². The van der Waals surface area contributed by atoms with Crippen LogP contribution in [0.15, 0.2) is 0 Å². The molecule has 1 aliphatic heterocycles. The van der Waals surface area contributed by atoms with E-state index in [4.69, 9.17) is 14.2 Å². The van der Waals surface area contributed by atoms with Gasteiger partial charge in [-0.05, 0) is 56.8 Å². The van der Waals surface area contributed by atoms with Crippen LogP contribution in [0.2, 0.25) is 0 Å². The fourth-order valence-electron chi connectivity index (χ4n) is 5.47. The lowest BCUT2D eigenvalue weighted by Gasteiger charge is -2.42. The van der Waals surface area contributed by atoms with Gasteiger partial charge in [-0.1, -0.05) is 32.6 Å². The molecule has 0 radical (unpaired) electrons. The molecule has 1 N–H and O–H groups in total. The van der Waals surface area contributed by atoms with Crippen molar-refractivity contribution in [3.05, 3.63) is 0 Å². The Hall–Kier alpha value is -0.160. The predicted octanol–water partition coefficient (Wildman–Crippen LogP) is 4.15. The van der Waals surface area contributed by atoms with Crippen molar-refractivity contribution in [2.24, 2.45) is 23.7 Å². The molecule has 0 bridgehead atoms. The number of aliphatic hydroxyl groups is 1. The number of fused-ring (bicyclic) bond motifs is 1. The van der Waals surface area contributed by atoms with Crippen LogP contribution in [-0.2, 0) is 14.2 Å². The highest BCUT2D eigenvalue weighted by atomic mass is 16.6. The van der Waals surface area contributed by atoms with Crippen LogP contribution in [-0.4, -0.2) is 43.4 Å². The SMILES string of the molecule is COC1CCCCC1OC(O)C(C)C1CCCC2CCC(C)OCC21. The quantitative estimate of drug-likeness (QED) is 0.754. The molecule has 2 aliphatic carbocycles. The van der Waals surface area contributed by atoms with E-state index in [0.717, 1.165) is 25.4 Å². The summed E-state index contributed by atoms with van der Waals surface area (Å²) in [6.07, 6.45) is 10.5. The number of hydrogen-bond acceptors (Lipinski definition) is 4. The van der Waals surface area contributed by atoms with Gasteiger partial charge in [0, 0.05) is 13.0 Å². The Balaban J connectivity index is 1.61. The summed E-state index contributed by atoms with van der Waals surface area (Å²) >= 11 is 0. The molecule has 4 nitrogen and oxygen atoms in total. The normalized spacial score (nSPS) is 42.2. The van der Waals surface area contributed by atoms with E-state index in [1.165, 1.54) is 44.9 Å². The molecule has 3 aliphatic rings. The lowest BCUT2D eigenvalue weighted by atomic mass is 9.66. The number of aliphatic hydroxyl groups excluding tert-OH is 1. The molecule has 2 saturated carbocycles. The fourth-order valence-corrected chi connectivity index (χ4v) is 5.47. The third-order valence-corrected chi connectivity index (χ3v) is 7.17. The second kappa shape index (κ2) is 9.16. The van der Waals surface area contributed by atoms with Crippen molar-refractivity contribution in [2.75, 3.05) is 13.7 Å². The molecule has 0 amide bonds. The zero-order valence-corrected chi connectivity index (χ0v) is 16.4. The molecule has 0 spiro atoms. The summed E-state index contributed by atoms with van der Waals surface area (Å²) in [6.45, 7) is 5.23. The number of hydrogen-bond donors (Lipinski definition) is 1. The summed E-state index contributed by atoms with van der Waals surface area (Å²) in [5, 5.41) is 10.8. The van der Waals surface area contributed by atoms with Crippen molar-refractivity contribution in [3.8, 4) is 0 Å². The minimum atomic E-state index is -0.690. The van der Waals surface area contributed by atoms with Crippen LogP contribution in [0.4, 0.5) is 0 Å². The van der Waals surface area contributed by atoms with Gasteiger partial charge in [0.2, 0.25) is 0 Å². The van der Waals surface area contributed by atoms with E-state index >= 15 is 0 Å². The van der Waals surface area contributed by atoms with Crippen molar-refractivity contribution in [1.29, 1.82) is 0 Å². The molecule has 0 aromatic heterocycles. The predicted molar refractivity (Wildman–Crippen MR) is 98.3 cm³/mol. The summed E-state index contributed by atoms with van der Waals surface area (Å²) in [5.41, 5.74) is 0. The summed E-state index contributed by atoms with van der Waals surface area (Å²) < 4.78 is 17.8. The van der Waals surface area contributed by atoms with Gasteiger partial charge in [-0.2, -0.15) is 0 Å². The van der Waals surface area contributed by atoms with Gasteiger partial charge in [0.15, 0.2) is 6.29 Å². The maximum absolute atomic E-state index is 10.8. The van der Waals surface area contributed by atoms with Crippen molar-refractivity contribution in [3.63, 3.8) is 0 Å². The second-order valence-electron chi connectivity index (χ2n) is 8.72. The first-order valence-corrected chi connectivity index (χ1v) is 10.6. The minimum absolute atomic E-state index is 0.0426. The molecule has 146 valence electrons. The second-order valence-corrected chi connectivity index (χ2v) is 8.72. The first kappa shape index (κ1) is 19.6. The fraction of sp³-hybridized carbons (Fsp3) is 1.00. The lowest BCUT2D eigenvalue weighted by Crippen LogP contribution is -2.43. The van der Waals surface area contributed by atoms with Gasteiger partial charge < -0.3 is 19.3 Å². The van der Waals surface area contributed by atoms with Crippen molar-refractivity contribution < 1.29 is 19.3 Å². The zero-order chi connectivity index (χ0) is 17.8. The van der Waals surface area contributed by atoms with Crippen LogP contribution < -0.4 is 0 Å². The summed E-state index contributed by atoms with van der Waals surface area (Å²) in [6, 6.07) is 0. The van der Waals surface area contributed by atoms with E-state index < -0.39 is 6.29 Å². The van der Waals surface area contributed by atoms with E-state index in [0.29, 0.717) is 17.9 Å². The molecule has 1 saturated heterocycles. The Morgan fingerprint density at radius 1 is 0.960 bits per heavy atom. The van der Waals surface area contributed by atoms with Crippen LogP contribution >= 0.6 is 0 Å². The van der Waals surface area contributed by atoms with Gasteiger partial charge in [-0.3, -0.25) is 0 Å². The van der Waals surface area contributed by atoms with E-state index in [2.05, 4.69) is 13.8 Å². The van der Waals surface area contributed by atoms with E-state index in [-0.39, 0.29) is 18.1 Å². The summed E-state index contributed by atoms with van der Waals surface area (Å²) in [5.74, 6) is 2.00. The topological polar surface area (TPSA) is 47.9 Å². The van der Waals surface area contributed by atoms with Gasteiger partial charge in [0.25, 0.3) is 0 Å². The molecule has 8 unspecified atom stereocenters. The highest BCUT2D eigenvalue weighted by Gasteiger charge is 2.41. The molecular formula is C21H38O4. The summed E-state index contributed by atoms with van der Waals surface area (Å²) in [7, 11) is 1.76. The van der Waals surface area contributed by atoms with Crippen LogP contribution in [0, 0.1) is 23.7 Å². The minimum Gasteiger partial charge on any atom is -0.379 e. The highest BCUT2D eigenvalue weighted by molar-refractivity contribution is 4.88. The first-order chi connectivity index (χ1) is 12.1. The molecule has 0 aromatic carbocycles. The largest absolute Gasteiger partial charge is 0.379 e. The maximum Gasteiger partial charge on any atom is 0.157 e. The van der Waals surface area contributed by atoms with Crippen molar-refractivity contribution in [1.82, 2.24) is 0 Å². The number of methoxy groups -OCH3 is 1. The smallest absolute Gasteiger partial charge is 0.157 e. The maximum atomic E-state index is 10.8. The average molecular weight is 355 g/mol. The highest BCUT2D eigenvalue weighted by Crippen LogP contribution is 2.44. The number of rotatable bonds is 5. The molecule has 1 heterocycles. The zero-order valence-electron chi connectivity index (χ0n) is 16.4. The Kier molecular flexibility index (Phi) is 7.18. The van der Waals surface area contributed by atoms with Crippen LogP contribution in [0.25, 0.3) is 0 Å². The van der Waals surface area contributed by atoms with Gasteiger partial charge >= 0.3 is 0 Å². The van der Waals surface area contributed by atoms with Gasteiger partial charge in [0.05, 0.1) is 24.9 Å². The van der Waals surface area contributed by atoms with Crippen LogP contribution in [0.1, 0.15) is 71.6 Å². The monoisotopic (exact) mass is 354 g/mol. The third kappa shape index (κ3) is 4.77. The first-order valence-electron chi connectivity index (χ1n) is 10.6. The van der Waals surface area contributed by atoms with E-state index in [9.17, 15) is 5.11 Å². The molecule has 4 heteroatoms. The van der Waals surface area contributed by atoms with E-state index in [1.807, 2.05) is 0 Å². The molecular weight excluding hydrogens is 316 g/mol. The van der Waals surface area contributed by atoms with Crippen LogP contribution in [0.5, 0.6) is 0 Å². The summed E-state index contributed by atoms with van der Waals surface area (Å²) in [4.78, 5) is 0. The molecule has 25 heavy (non-hydrogen) atoms. The third-order valence-electron chi connectivity index (χ3n) is 7.17. The number of ether oxygens (including phenoxy) is 3. The molecule has 8 atom stereocenters. The van der Waals surface area contributed by atoms with Gasteiger partial charge in [-0.15, -0.1) is 0 Å². The van der Waals surface area contributed by atoms with Gasteiger partial charge in [-0.25, -0.2) is 0 Å². The van der Waals surface area contributed by atoms with E-state index in [1.54, 1.807) is 7.11 Å². The Morgan fingerprint density at radius 3 is 2.48 bits per heavy atom. The molecule has 3 fully saturated rings. The molecule has 3 rings (SSSR count). The Labute approximate surface area is 153 Å². The Morgan fingerprint density at radius 2 is 1.72 bits per heavy atom. The van der Waals surface area contributed by atoms with Gasteiger partial charge in [0.1, 0.15) is 0 Å². The van der Waals surface area contributed by atoms with Crippen LogP contribution in [0.3, 0.4) is 0 Å².